The Labute approximate surface area is 180 Å². The van der Waals surface area contributed by atoms with Crippen LogP contribution in [0.15, 0.2) is 58.9 Å². The molecule has 0 amide bonds. The summed E-state index contributed by atoms with van der Waals surface area (Å²) >= 11 is 1.44. The standard InChI is InChI=1S/C21H23N3O4S2/c1-2-28-21(25)16-8-6-12-23(14-16)30(26,27)19-15-24(17-9-4-3-5-10-17)22-20(19)18-11-7-13-29-18/h3-5,7,9-11,13,15-16H,2,6,8,12,14H2,1H3. The number of nitrogens with zero attached hydrogens (tertiary/aromatic N) is 3. The number of sulfonamides is 1. The number of hydrogen-bond donors (Lipinski definition) is 0. The highest BCUT2D eigenvalue weighted by Gasteiger charge is 2.36. The molecule has 1 atom stereocenters. The van der Waals surface area contributed by atoms with Gasteiger partial charge in [-0.1, -0.05) is 24.3 Å². The van der Waals surface area contributed by atoms with E-state index in [4.69, 9.17) is 4.74 Å². The van der Waals surface area contributed by atoms with Gasteiger partial charge in [0, 0.05) is 13.1 Å². The zero-order chi connectivity index (χ0) is 21.1. The molecule has 0 aliphatic carbocycles. The molecule has 1 aliphatic rings. The molecule has 4 rings (SSSR count). The van der Waals surface area contributed by atoms with E-state index in [0.717, 1.165) is 10.6 Å². The fourth-order valence-corrected chi connectivity index (χ4v) is 6.04. The normalized spacial score (nSPS) is 17.7. The highest BCUT2D eigenvalue weighted by atomic mass is 32.2. The number of esters is 1. The summed E-state index contributed by atoms with van der Waals surface area (Å²) in [6.45, 7) is 2.54. The molecule has 0 saturated carbocycles. The molecule has 30 heavy (non-hydrogen) atoms. The molecular formula is C21H23N3O4S2. The van der Waals surface area contributed by atoms with Gasteiger partial charge in [-0.05, 0) is 43.3 Å². The molecule has 158 valence electrons. The molecule has 3 aromatic rings. The van der Waals surface area contributed by atoms with Gasteiger partial charge in [0.25, 0.3) is 0 Å². The average molecular weight is 446 g/mol. The van der Waals surface area contributed by atoms with Crippen molar-refractivity contribution in [2.45, 2.75) is 24.7 Å². The number of para-hydroxylation sites is 1. The Kier molecular flexibility index (Phi) is 6.03. The van der Waals surface area contributed by atoms with Crippen LogP contribution in [0.5, 0.6) is 0 Å². The first kappa shape index (κ1) is 20.8. The van der Waals surface area contributed by atoms with Crippen LogP contribution >= 0.6 is 11.3 Å². The van der Waals surface area contributed by atoms with Gasteiger partial charge < -0.3 is 4.74 Å². The van der Waals surface area contributed by atoms with Gasteiger partial charge >= 0.3 is 5.97 Å². The third-order valence-corrected chi connectivity index (χ3v) is 7.82. The predicted molar refractivity (Wildman–Crippen MR) is 115 cm³/mol. The van der Waals surface area contributed by atoms with Crippen LogP contribution in [0.1, 0.15) is 19.8 Å². The first-order valence-corrected chi connectivity index (χ1v) is 12.2. The monoisotopic (exact) mass is 445 g/mol. The van der Waals surface area contributed by atoms with Gasteiger partial charge in [0.05, 0.1) is 29.3 Å². The van der Waals surface area contributed by atoms with Crippen LogP contribution in [0.2, 0.25) is 0 Å². The van der Waals surface area contributed by atoms with Gasteiger partial charge in [-0.15, -0.1) is 11.3 Å². The smallest absolute Gasteiger partial charge is 0.310 e. The summed E-state index contributed by atoms with van der Waals surface area (Å²) in [7, 11) is -3.84. The lowest BCUT2D eigenvalue weighted by molar-refractivity contribution is -0.149. The van der Waals surface area contributed by atoms with Crippen molar-refractivity contribution in [3.05, 3.63) is 54.0 Å². The van der Waals surface area contributed by atoms with Crippen LogP contribution in [-0.4, -0.2) is 48.2 Å². The van der Waals surface area contributed by atoms with Gasteiger partial charge in [-0.25, -0.2) is 13.1 Å². The molecule has 1 fully saturated rings. The molecule has 3 heterocycles. The summed E-state index contributed by atoms with van der Waals surface area (Å²) in [5, 5.41) is 6.49. The lowest BCUT2D eigenvalue weighted by Crippen LogP contribution is -2.42. The third kappa shape index (κ3) is 4.05. The Bertz CT molecular complexity index is 1110. The number of carbonyl (C=O) groups excluding carboxylic acids is 1. The van der Waals surface area contributed by atoms with E-state index in [2.05, 4.69) is 5.10 Å². The largest absolute Gasteiger partial charge is 0.466 e. The summed E-state index contributed by atoms with van der Waals surface area (Å²) in [4.78, 5) is 13.1. The molecule has 2 aromatic heterocycles. The summed E-state index contributed by atoms with van der Waals surface area (Å²) in [6.07, 6.45) is 2.81. The number of benzene rings is 1. The molecule has 0 radical (unpaired) electrons. The van der Waals surface area contributed by atoms with Crippen molar-refractivity contribution in [1.29, 1.82) is 0 Å². The summed E-state index contributed by atoms with van der Waals surface area (Å²) in [6, 6.07) is 13.1. The second-order valence-corrected chi connectivity index (χ2v) is 9.91. The van der Waals surface area contributed by atoms with Gasteiger partial charge in [-0.3, -0.25) is 4.79 Å². The molecule has 1 saturated heterocycles. The van der Waals surface area contributed by atoms with Gasteiger partial charge in [-0.2, -0.15) is 9.40 Å². The molecule has 0 N–H and O–H groups in total. The second kappa shape index (κ2) is 8.71. The van der Waals surface area contributed by atoms with E-state index in [1.165, 1.54) is 15.6 Å². The minimum atomic E-state index is -3.84. The van der Waals surface area contributed by atoms with Crippen LogP contribution < -0.4 is 0 Å². The molecule has 0 bridgehead atoms. The zero-order valence-corrected chi connectivity index (χ0v) is 18.2. The fraction of sp³-hybridized carbons (Fsp3) is 0.333. The Morgan fingerprint density at radius 3 is 2.73 bits per heavy atom. The summed E-state index contributed by atoms with van der Waals surface area (Å²) < 4.78 is 35.3. The number of hydrogen-bond acceptors (Lipinski definition) is 6. The number of rotatable bonds is 6. The Balaban J connectivity index is 1.73. The highest BCUT2D eigenvalue weighted by Crippen LogP contribution is 2.34. The molecular weight excluding hydrogens is 422 g/mol. The minimum absolute atomic E-state index is 0.127. The fourth-order valence-electron chi connectivity index (χ4n) is 3.60. The van der Waals surface area contributed by atoms with E-state index < -0.39 is 15.9 Å². The van der Waals surface area contributed by atoms with Crippen LogP contribution in [-0.2, 0) is 19.6 Å². The van der Waals surface area contributed by atoms with E-state index in [9.17, 15) is 13.2 Å². The molecule has 1 aliphatic heterocycles. The SMILES string of the molecule is CCOC(=O)C1CCCN(S(=O)(=O)c2cn(-c3ccccc3)nc2-c2cccs2)C1. The molecule has 1 unspecified atom stereocenters. The quantitative estimate of drug-likeness (QED) is 0.542. The first-order chi connectivity index (χ1) is 14.5. The maximum Gasteiger partial charge on any atom is 0.310 e. The van der Waals surface area contributed by atoms with E-state index in [-0.39, 0.29) is 24.0 Å². The first-order valence-electron chi connectivity index (χ1n) is 9.86. The Morgan fingerprint density at radius 2 is 2.03 bits per heavy atom. The molecule has 9 heteroatoms. The number of thiophene rings is 1. The second-order valence-electron chi connectivity index (χ2n) is 7.05. The molecule has 1 aromatic carbocycles. The van der Waals surface area contributed by atoms with Crippen molar-refractivity contribution in [2.75, 3.05) is 19.7 Å². The number of piperidine rings is 1. The highest BCUT2D eigenvalue weighted by molar-refractivity contribution is 7.89. The predicted octanol–water partition coefficient (Wildman–Crippen LogP) is 3.56. The minimum Gasteiger partial charge on any atom is -0.466 e. The number of carbonyl (C=O) groups is 1. The van der Waals surface area contributed by atoms with Crippen molar-refractivity contribution >= 4 is 27.3 Å². The van der Waals surface area contributed by atoms with Gasteiger partial charge in [0.2, 0.25) is 10.0 Å². The van der Waals surface area contributed by atoms with Crippen LogP contribution in [0.4, 0.5) is 0 Å². The Morgan fingerprint density at radius 1 is 1.23 bits per heavy atom. The van der Waals surface area contributed by atoms with Crippen molar-refractivity contribution in [3.8, 4) is 16.3 Å². The average Bonchev–Trinajstić information content (AvgIpc) is 3.45. The van der Waals surface area contributed by atoms with Crippen molar-refractivity contribution in [1.82, 2.24) is 14.1 Å². The van der Waals surface area contributed by atoms with Gasteiger partial charge in [0.1, 0.15) is 10.6 Å². The van der Waals surface area contributed by atoms with Crippen molar-refractivity contribution in [3.63, 3.8) is 0 Å². The van der Waals surface area contributed by atoms with E-state index in [1.807, 2.05) is 47.8 Å². The molecule has 0 spiro atoms. The maximum atomic E-state index is 13.6. The Hall–Kier alpha value is -2.49. The van der Waals surface area contributed by atoms with Crippen LogP contribution in [0.25, 0.3) is 16.3 Å². The molecule has 7 nitrogen and oxygen atoms in total. The maximum absolute atomic E-state index is 13.6. The van der Waals surface area contributed by atoms with Crippen LogP contribution in [0.3, 0.4) is 0 Å². The van der Waals surface area contributed by atoms with Gasteiger partial charge in [0.15, 0.2) is 0 Å². The number of ether oxygens (including phenoxy) is 1. The zero-order valence-electron chi connectivity index (χ0n) is 16.6. The van der Waals surface area contributed by atoms with E-state index in [0.29, 0.717) is 25.1 Å². The van der Waals surface area contributed by atoms with Crippen molar-refractivity contribution in [2.24, 2.45) is 5.92 Å². The van der Waals surface area contributed by atoms with Crippen LogP contribution in [0, 0.1) is 5.92 Å². The third-order valence-electron chi connectivity index (χ3n) is 5.08. The lowest BCUT2D eigenvalue weighted by Gasteiger charge is -2.30. The summed E-state index contributed by atoms with van der Waals surface area (Å²) in [5.74, 6) is -0.779. The number of aromatic nitrogens is 2. The summed E-state index contributed by atoms with van der Waals surface area (Å²) in [5.41, 5.74) is 1.20. The van der Waals surface area contributed by atoms with Crippen molar-refractivity contribution < 1.29 is 17.9 Å². The van der Waals surface area contributed by atoms with E-state index >= 15 is 0 Å². The lowest BCUT2D eigenvalue weighted by atomic mass is 10.0. The topological polar surface area (TPSA) is 81.5 Å². The van der Waals surface area contributed by atoms with E-state index in [1.54, 1.807) is 17.8 Å².